The molecule has 2 aromatic rings. The van der Waals surface area contributed by atoms with E-state index in [0.29, 0.717) is 32.1 Å². The Balaban J connectivity index is 1.78. The van der Waals surface area contributed by atoms with Gasteiger partial charge in [-0.1, -0.05) is 0 Å². The summed E-state index contributed by atoms with van der Waals surface area (Å²) in [6.07, 6.45) is 0. The molecule has 1 fully saturated rings. The molecular weight excluding hydrogens is 384 g/mol. The van der Waals surface area contributed by atoms with E-state index in [4.69, 9.17) is 4.74 Å². The van der Waals surface area contributed by atoms with Crippen molar-refractivity contribution in [3.8, 4) is 6.07 Å². The molecule has 2 heterocycles. The van der Waals surface area contributed by atoms with Crippen LogP contribution in [0.25, 0.3) is 0 Å². The van der Waals surface area contributed by atoms with Crippen LogP contribution < -0.4 is 10.2 Å². The van der Waals surface area contributed by atoms with E-state index in [0.717, 1.165) is 4.31 Å². The summed E-state index contributed by atoms with van der Waals surface area (Å²) in [5, 5.41) is 18.9. The van der Waals surface area contributed by atoms with Crippen LogP contribution in [-0.2, 0) is 14.8 Å². The number of benzene rings is 1. The number of H-pyrrole nitrogens is 1. The number of aromatic nitrogens is 2. The topological polar surface area (TPSA) is 131 Å². The maximum atomic E-state index is 12.5. The molecule has 28 heavy (non-hydrogen) atoms. The molecule has 1 aromatic heterocycles. The highest BCUT2D eigenvalue weighted by molar-refractivity contribution is 7.89. The van der Waals surface area contributed by atoms with Gasteiger partial charge in [-0.3, -0.25) is 9.89 Å². The van der Waals surface area contributed by atoms with Crippen LogP contribution in [-0.4, -0.2) is 69.2 Å². The number of carbonyl (C=O) groups is 1. The number of sulfonamides is 1. The number of nitrogens with zero attached hydrogens (tertiary/aromatic N) is 4. The van der Waals surface area contributed by atoms with Gasteiger partial charge >= 0.3 is 0 Å². The first kappa shape index (κ1) is 19.8. The third kappa shape index (κ3) is 3.84. The number of anilines is 2. The van der Waals surface area contributed by atoms with Crippen molar-refractivity contribution in [2.45, 2.75) is 4.90 Å². The summed E-state index contributed by atoms with van der Waals surface area (Å²) in [7, 11) is -0.703. The second-order valence-corrected chi connectivity index (χ2v) is 8.43. The van der Waals surface area contributed by atoms with Crippen LogP contribution in [0.15, 0.2) is 29.2 Å². The van der Waals surface area contributed by atoms with Crippen molar-refractivity contribution < 1.29 is 17.9 Å². The first-order valence-electron chi connectivity index (χ1n) is 8.49. The predicted molar refractivity (Wildman–Crippen MR) is 102 cm³/mol. The third-order valence-corrected chi connectivity index (χ3v) is 6.13. The Labute approximate surface area is 162 Å². The number of amides is 1. The van der Waals surface area contributed by atoms with Crippen LogP contribution in [0, 0.1) is 11.3 Å². The van der Waals surface area contributed by atoms with Crippen molar-refractivity contribution in [1.29, 1.82) is 5.26 Å². The van der Waals surface area contributed by atoms with E-state index in [1.807, 2.05) is 4.90 Å². The van der Waals surface area contributed by atoms with Crippen molar-refractivity contribution in [2.75, 3.05) is 50.6 Å². The van der Waals surface area contributed by atoms with Gasteiger partial charge in [0.1, 0.15) is 17.5 Å². The van der Waals surface area contributed by atoms with E-state index in [1.54, 1.807) is 0 Å². The summed E-state index contributed by atoms with van der Waals surface area (Å²) in [6, 6.07) is 7.62. The van der Waals surface area contributed by atoms with Gasteiger partial charge in [-0.05, 0) is 24.3 Å². The smallest absolute Gasteiger partial charge is 0.256 e. The van der Waals surface area contributed by atoms with E-state index in [-0.39, 0.29) is 21.8 Å². The summed E-state index contributed by atoms with van der Waals surface area (Å²) in [5.41, 5.74) is 0.492. The molecule has 148 valence electrons. The van der Waals surface area contributed by atoms with Crippen LogP contribution in [0.2, 0.25) is 0 Å². The summed E-state index contributed by atoms with van der Waals surface area (Å²) in [6.45, 7) is 2.30. The van der Waals surface area contributed by atoms with E-state index >= 15 is 0 Å². The van der Waals surface area contributed by atoms with E-state index in [1.165, 1.54) is 38.4 Å². The van der Waals surface area contributed by atoms with Gasteiger partial charge in [0.05, 0.1) is 18.1 Å². The molecule has 0 radical (unpaired) electrons. The quantitative estimate of drug-likeness (QED) is 0.747. The number of hydrogen-bond acceptors (Lipinski definition) is 7. The normalized spacial score (nSPS) is 14.7. The Bertz CT molecular complexity index is 1000. The average molecular weight is 404 g/mol. The van der Waals surface area contributed by atoms with E-state index < -0.39 is 15.9 Å². The maximum Gasteiger partial charge on any atom is 0.256 e. The molecule has 2 N–H and O–H groups in total. The molecule has 0 saturated carbocycles. The Morgan fingerprint density at radius 3 is 2.50 bits per heavy atom. The average Bonchev–Trinajstić information content (AvgIpc) is 3.11. The molecule has 11 heteroatoms. The number of nitriles is 1. The standard InChI is InChI=1S/C17H20N6O4S/c1-22(2)28(25,26)13-5-3-12(4-6-13)17(24)19-15-14(11-18)16(21-20-15)23-7-9-27-10-8-23/h3-6H,7-10H2,1-2H3,(H2,19,20,21,24). The highest BCUT2D eigenvalue weighted by Crippen LogP contribution is 2.25. The van der Waals surface area contributed by atoms with Crippen molar-refractivity contribution in [2.24, 2.45) is 0 Å². The SMILES string of the molecule is CN(C)S(=O)(=O)c1ccc(C(=O)Nc2[nH]nc(N3CCOCC3)c2C#N)cc1. The van der Waals surface area contributed by atoms with Crippen molar-refractivity contribution in [1.82, 2.24) is 14.5 Å². The lowest BCUT2D eigenvalue weighted by Gasteiger charge is -2.26. The lowest BCUT2D eigenvalue weighted by molar-refractivity contribution is 0.102. The number of ether oxygens (including phenoxy) is 1. The third-order valence-electron chi connectivity index (χ3n) is 4.30. The molecule has 0 bridgehead atoms. The minimum absolute atomic E-state index is 0.0860. The van der Waals surface area contributed by atoms with Crippen LogP contribution in [0.1, 0.15) is 15.9 Å². The fourth-order valence-corrected chi connectivity index (χ4v) is 3.61. The first-order chi connectivity index (χ1) is 13.3. The van der Waals surface area contributed by atoms with Crippen molar-refractivity contribution in [3.05, 3.63) is 35.4 Å². The molecule has 3 rings (SSSR count). The molecule has 10 nitrogen and oxygen atoms in total. The van der Waals surface area contributed by atoms with Gasteiger partial charge < -0.3 is 15.0 Å². The Morgan fingerprint density at radius 2 is 1.93 bits per heavy atom. The summed E-state index contributed by atoms with van der Waals surface area (Å²) in [5.74, 6) is 0.176. The molecule has 0 aliphatic carbocycles. The molecule has 0 atom stereocenters. The van der Waals surface area contributed by atoms with Crippen molar-refractivity contribution in [3.63, 3.8) is 0 Å². The van der Waals surface area contributed by atoms with Gasteiger partial charge in [0.2, 0.25) is 10.0 Å². The largest absolute Gasteiger partial charge is 0.378 e. The predicted octanol–water partition coefficient (Wildman–Crippen LogP) is 0.621. The van der Waals surface area contributed by atoms with Crippen LogP contribution in [0.3, 0.4) is 0 Å². The minimum Gasteiger partial charge on any atom is -0.378 e. The monoisotopic (exact) mass is 404 g/mol. The Hall–Kier alpha value is -2.94. The molecule has 1 aliphatic rings. The summed E-state index contributed by atoms with van der Waals surface area (Å²) < 4.78 is 30.6. The molecule has 1 amide bonds. The number of hydrogen-bond donors (Lipinski definition) is 2. The number of rotatable bonds is 5. The number of morpholine rings is 1. The Morgan fingerprint density at radius 1 is 1.29 bits per heavy atom. The zero-order valence-electron chi connectivity index (χ0n) is 15.5. The highest BCUT2D eigenvalue weighted by Gasteiger charge is 2.23. The van der Waals surface area contributed by atoms with Crippen LogP contribution >= 0.6 is 0 Å². The summed E-state index contributed by atoms with van der Waals surface area (Å²) >= 11 is 0. The second-order valence-electron chi connectivity index (χ2n) is 6.27. The molecule has 1 aliphatic heterocycles. The fourth-order valence-electron chi connectivity index (χ4n) is 2.71. The first-order valence-corrected chi connectivity index (χ1v) is 9.93. The van der Waals surface area contributed by atoms with Gasteiger partial charge in [0, 0.05) is 32.7 Å². The fraction of sp³-hybridized carbons (Fsp3) is 0.353. The van der Waals surface area contributed by atoms with Gasteiger partial charge in [-0.25, -0.2) is 12.7 Å². The van der Waals surface area contributed by atoms with Crippen LogP contribution in [0.5, 0.6) is 0 Å². The second kappa shape index (κ2) is 7.97. The lowest BCUT2D eigenvalue weighted by Crippen LogP contribution is -2.36. The number of carbonyl (C=O) groups excluding carboxylic acids is 1. The van der Waals surface area contributed by atoms with E-state index in [2.05, 4.69) is 21.6 Å². The molecular formula is C17H20N6O4S. The maximum absolute atomic E-state index is 12.5. The number of aromatic amines is 1. The molecule has 1 saturated heterocycles. The zero-order chi connectivity index (χ0) is 20.3. The lowest BCUT2D eigenvalue weighted by atomic mass is 10.2. The summed E-state index contributed by atoms with van der Waals surface area (Å²) in [4.78, 5) is 14.5. The molecule has 0 unspecified atom stereocenters. The van der Waals surface area contributed by atoms with Gasteiger partial charge in [0.25, 0.3) is 5.91 Å². The van der Waals surface area contributed by atoms with Crippen molar-refractivity contribution >= 4 is 27.6 Å². The van der Waals surface area contributed by atoms with Gasteiger partial charge in [-0.2, -0.15) is 10.4 Å². The molecule has 0 spiro atoms. The van der Waals surface area contributed by atoms with Crippen LogP contribution in [0.4, 0.5) is 11.6 Å². The minimum atomic E-state index is -3.57. The number of nitrogens with one attached hydrogen (secondary N) is 2. The Kier molecular flexibility index (Phi) is 5.64. The van der Waals surface area contributed by atoms with Gasteiger partial charge in [-0.15, -0.1) is 0 Å². The van der Waals surface area contributed by atoms with E-state index in [9.17, 15) is 18.5 Å². The molecule has 1 aromatic carbocycles. The zero-order valence-corrected chi connectivity index (χ0v) is 16.3. The van der Waals surface area contributed by atoms with Gasteiger partial charge in [0.15, 0.2) is 5.82 Å². The highest BCUT2D eigenvalue weighted by atomic mass is 32.2.